The number of anilines is 1. The number of nitrogens with zero attached hydrogens (tertiary/aromatic N) is 3. The highest BCUT2D eigenvalue weighted by Gasteiger charge is 2.22. The van der Waals surface area contributed by atoms with Gasteiger partial charge in [0.1, 0.15) is 5.75 Å². The zero-order valence-electron chi connectivity index (χ0n) is 19.0. The third kappa shape index (κ3) is 6.26. The van der Waals surface area contributed by atoms with Crippen molar-refractivity contribution in [1.82, 2.24) is 14.8 Å². The minimum Gasteiger partial charge on any atom is -0.483 e. The number of carbonyl (C=O) groups excluding carboxylic acids is 1. The van der Waals surface area contributed by atoms with Crippen molar-refractivity contribution in [2.45, 2.75) is 57.8 Å². The van der Waals surface area contributed by atoms with Gasteiger partial charge in [0.15, 0.2) is 17.1 Å². The van der Waals surface area contributed by atoms with Crippen LogP contribution in [0.15, 0.2) is 53.7 Å². The summed E-state index contributed by atoms with van der Waals surface area (Å²) in [7, 11) is 0. The molecule has 1 heterocycles. The van der Waals surface area contributed by atoms with Crippen LogP contribution in [0.3, 0.4) is 0 Å². The molecule has 6 nitrogen and oxygen atoms in total. The number of aromatic nitrogens is 3. The van der Waals surface area contributed by atoms with Gasteiger partial charge in [0, 0.05) is 16.8 Å². The molecular formula is C24H29ClN4O2S. The quantitative estimate of drug-likeness (QED) is 0.359. The molecular weight excluding hydrogens is 444 g/mol. The molecule has 3 rings (SSSR count). The number of hydrogen-bond donors (Lipinski definition) is 1. The van der Waals surface area contributed by atoms with E-state index in [4.69, 9.17) is 16.3 Å². The highest BCUT2D eigenvalue weighted by atomic mass is 35.5. The van der Waals surface area contributed by atoms with Crippen molar-refractivity contribution in [3.05, 3.63) is 64.9 Å². The summed E-state index contributed by atoms with van der Waals surface area (Å²) in [5, 5.41) is 12.9. The molecule has 0 aliphatic rings. The number of ether oxygens (including phenoxy) is 1. The number of halogens is 1. The van der Waals surface area contributed by atoms with Crippen LogP contribution in [0, 0.1) is 0 Å². The van der Waals surface area contributed by atoms with E-state index in [1.54, 1.807) is 24.3 Å². The number of rotatable bonds is 9. The molecule has 0 saturated carbocycles. The maximum absolute atomic E-state index is 12.4. The first-order chi connectivity index (χ1) is 15.2. The van der Waals surface area contributed by atoms with Crippen molar-refractivity contribution < 1.29 is 9.53 Å². The summed E-state index contributed by atoms with van der Waals surface area (Å²) in [6.45, 7) is 10.4. The second-order valence-corrected chi connectivity index (χ2v) is 9.51. The Hall–Kier alpha value is -2.51. The lowest BCUT2D eigenvalue weighted by Gasteiger charge is -2.19. The van der Waals surface area contributed by atoms with Crippen LogP contribution < -0.4 is 10.1 Å². The van der Waals surface area contributed by atoms with E-state index in [9.17, 15) is 4.79 Å². The fourth-order valence-corrected chi connectivity index (χ4v) is 4.20. The van der Waals surface area contributed by atoms with Crippen LogP contribution in [0.25, 0.3) is 0 Å². The average molecular weight is 473 g/mol. The number of benzene rings is 2. The van der Waals surface area contributed by atoms with E-state index in [0.717, 1.165) is 11.6 Å². The van der Waals surface area contributed by atoms with Gasteiger partial charge in [0.05, 0.1) is 5.75 Å². The van der Waals surface area contributed by atoms with Crippen LogP contribution in [0.5, 0.6) is 5.75 Å². The van der Waals surface area contributed by atoms with Gasteiger partial charge in [-0.3, -0.25) is 4.79 Å². The predicted molar refractivity (Wildman–Crippen MR) is 131 cm³/mol. The molecule has 1 unspecified atom stereocenters. The normalized spacial score (nSPS) is 12.2. The Morgan fingerprint density at radius 3 is 2.28 bits per heavy atom. The van der Waals surface area contributed by atoms with E-state index < -0.39 is 0 Å². The first-order valence-corrected chi connectivity index (χ1v) is 12.0. The highest BCUT2D eigenvalue weighted by Crippen LogP contribution is 2.28. The van der Waals surface area contributed by atoms with E-state index >= 15 is 0 Å². The smallest absolute Gasteiger partial charge is 0.234 e. The second-order valence-electron chi connectivity index (χ2n) is 8.13. The lowest BCUT2D eigenvalue weighted by atomic mass is 10.0. The molecule has 170 valence electrons. The molecule has 3 aromatic rings. The Kier molecular flexibility index (Phi) is 8.21. The molecule has 0 bridgehead atoms. The van der Waals surface area contributed by atoms with Crippen LogP contribution in [0.4, 0.5) is 5.69 Å². The zero-order valence-corrected chi connectivity index (χ0v) is 20.6. The molecule has 0 fully saturated rings. The summed E-state index contributed by atoms with van der Waals surface area (Å²) in [6.07, 6.45) is -0.285. The van der Waals surface area contributed by atoms with Crippen molar-refractivity contribution in [2.75, 3.05) is 11.1 Å². The van der Waals surface area contributed by atoms with Gasteiger partial charge in [-0.1, -0.05) is 49.3 Å². The fourth-order valence-electron chi connectivity index (χ4n) is 3.20. The second kappa shape index (κ2) is 10.9. The first-order valence-electron chi connectivity index (χ1n) is 10.6. The molecule has 0 saturated heterocycles. The lowest BCUT2D eigenvalue weighted by Crippen LogP contribution is -2.16. The summed E-state index contributed by atoms with van der Waals surface area (Å²) < 4.78 is 8.15. The Morgan fingerprint density at radius 1 is 1.03 bits per heavy atom. The van der Waals surface area contributed by atoms with Gasteiger partial charge in [0.25, 0.3) is 0 Å². The molecule has 32 heavy (non-hydrogen) atoms. The maximum atomic E-state index is 12.4. The molecule has 0 aliphatic carbocycles. The van der Waals surface area contributed by atoms with Gasteiger partial charge < -0.3 is 14.6 Å². The summed E-state index contributed by atoms with van der Waals surface area (Å²) in [6, 6.07) is 15.3. The number of hydrogen-bond acceptors (Lipinski definition) is 5. The predicted octanol–water partition coefficient (Wildman–Crippen LogP) is 6.51. The van der Waals surface area contributed by atoms with Crippen molar-refractivity contribution in [3.8, 4) is 5.75 Å². The standard InChI is InChI=1S/C24H29ClN4O2S/c1-15(2)18-6-12-21(13-7-18)31-17(5)23-27-28-24(29(23)16(3)4)32-14-22(30)26-20-10-8-19(25)9-11-20/h6-13,15-17H,14H2,1-5H3,(H,26,30). The topological polar surface area (TPSA) is 69.0 Å². The third-order valence-corrected chi connectivity index (χ3v) is 6.09. The number of amides is 1. The molecule has 2 aromatic carbocycles. The lowest BCUT2D eigenvalue weighted by molar-refractivity contribution is -0.113. The Labute approximate surface area is 198 Å². The van der Waals surface area contributed by atoms with E-state index in [1.165, 1.54) is 17.3 Å². The number of thioether (sulfide) groups is 1. The van der Waals surface area contributed by atoms with E-state index in [-0.39, 0.29) is 23.8 Å². The van der Waals surface area contributed by atoms with E-state index in [1.807, 2.05) is 23.6 Å². The van der Waals surface area contributed by atoms with Crippen LogP contribution in [0.2, 0.25) is 5.02 Å². The highest BCUT2D eigenvalue weighted by molar-refractivity contribution is 7.99. The molecule has 0 radical (unpaired) electrons. The summed E-state index contributed by atoms with van der Waals surface area (Å²) in [5.41, 5.74) is 1.97. The summed E-state index contributed by atoms with van der Waals surface area (Å²) in [4.78, 5) is 12.4. The van der Waals surface area contributed by atoms with Gasteiger partial charge >= 0.3 is 0 Å². The SMILES string of the molecule is CC(C)c1ccc(OC(C)c2nnc(SCC(=O)Nc3ccc(Cl)cc3)n2C(C)C)cc1. The van der Waals surface area contributed by atoms with Gasteiger partial charge in [0.2, 0.25) is 5.91 Å². The molecule has 0 aliphatic heterocycles. The molecule has 0 spiro atoms. The Morgan fingerprint density at radius 2 is 1.69 bits per heavy atom. The van der Waals surface area contributed by atoms with Gasteiger partial charge in [-0.15, -0.1) is 10.2 Å². The fraction of sp³-hybridized carbons (Fsp3) is 0.375. The third-order valence-electron chi connectivity index (χ3n) is 4.89. The first kappa shape index (κ1) is 24.1. The summed E-state index contributed by atoms with van der Waals surface area (Å²) in [5.74, 6) is 2.10. The maximum Gasteiger partial charge on any atom is 0.234 e. The molecule has 1 N–H and O–H groups in total. The van der Waals surface area contributed by atoms with E-state index in [2.05, 4.69) is 55.3 Å². The Balaban J connectivity index is 1.66. The van der Waals surface area contributed by atoms with Gasteiger partial charge in [-0.25, -0.2) is 0 Å². The number of carbonyl (C=O) groups is 1. The van der Waals surface area contributed by atoms with E-state index in [0.29, 0.717) is 21.8 Å². The monoisotopic (exact) mass is 472 g/mol. The van der Waals surface area contributed by atoms with Crippen molar-refractivity contribution in [1.29, 1.82) is 0 Å². The largest absolute Gasteiger partial charge is 0.483 e. The Bertz CT molecular complexity index is 1030. The van der Waals surface area contributed by atoms with Crippen LogP contribution in [0.1, 0.15) is 64.1 Å². The van der Waals surface area contributed by atoms with Crippen LogP contribution >= 0.6 is 23.4 Å². The molecule has 8 heteroatoms. The minimum absolute atomic E-state index is 0.119. The molecule has 1 atom stereocenters. The number of nitrogens with one attached hydrogen (secondary N) is 1. The van der Waals surface area contributed by atoms with Crippen molar-refractivity contribution >= 4 is 35.0 Å². The van der Waals surface area contributed by atoms with Crippen LogP contribution in [-0.4, -0.2) is 26.4 Å². The molecule has 1 aromatic heterocycles. The molecule has 1 amide bonds. The summed E-state index contributed by atoms with van der Waals surface area (Å²) >= 11 is 7.24. The van der Waals surface area contributed by atoms with Crippen LogP contribution in [-0.2, 0) is 4.79 Å². The minimum atomic E-state index is -0.285. The van der Waals surface area contributed by atoms with Gasteiger partial charge in [-0.05, 0) is 68.7 Å². The van der Waals surface area contributed by atoms with Gasteiger partial charge in [-0.2, -0.15) is 0 Å². The zero-order chi connectivity index (χ0) is 23.3. The van der Waals surface area contributed by atoms with Crippen molar-refractivity contribution in [3.63, 3.8) is 0 Å². The van der Waals surface area contributed by atoms with Crippen molar-refractivity contribution in [2.24, 2.45) is 0 Å². The average Bonchev–Trinajstić information content (AvgIpc) is 3.19.